The molecule has 0 aromatic heterocycles. The zero-order valence-electron chi connectivity index (χ0n) is 10.5. The van der Waals surface area contributed by atoms with E-state index >= 15 is 0 Å². The number of hydrogen-bond acceptors (Lipinski definition) is 2. The van der Waals surface area contributed by atoms with E-state index in [1.54, 1.807) is 0 Å². The molecule has 1 aliphatic rings. The van der Waals surface area contributed by atoms with Crippen molar-refractivity contribution in [2.24, 2.45) is 5.73 Å². The monoisotopic (exact) mass is 232 g/mol. The first-order valence-electron chi connectivity index (χ1n) is 5.99. The largest absolute Gasteiger partial charge is 0.370 e. The number of piperazine rings is 1. The molecule has 1 saturated heterocycles. The first kappa shape index (κ1) is 11.8. The van der Waals surface area contributed by atoms with Gasteiger partial charge in [-0.05, 0) is 25.5 Å². The third kappa shape index (κ3) is 2.52. The van der Waals surface area contributed by atoms with E-state index in [-0.39, 0.29) is 5.96 Å². The molecule has 0 aliphatic carbocycles. The van der Waals surface area contributed by atoms with Crippen LogP contribution in [0.5, 0.6) is 0 Å². The topological polar surface area (TPSA) is 56.4 Å². The van der Waals surface area contributed by atoms with Crippen LogP contribution in [0.25, 0.3) is 0 Å². The number of nitrogens with one attached hydrogen (secondary N) is 1. The molecule has 0 atom stereocenters. The Bertz CT molecular complexity index is 419. The molecular weight excluding hydrogens is 212 g/mol. The van der Waals surface area contributed by atoms with Gasteiger partial charge in [-0.15, -0.1) is 0 Å². The second-order valence-electron chi connectivity index (χ2n) is 4.65. The van der Waals surface area contributed by atoms with Crippen molar-refractivity contribution in [1.29, 1.82) is 5.41 Å². The predicted octanol–water partition coefficient (Wildman–Crippen LogP) is 1.32. The number of aryl methyl sites for hydroxylation is 2. The molecule has 17 heavy (non-hydrogen) atoms. The van der Waals surface area contributed by atoms with Gasteiger partial charge < -0.3 is 15.5 Å². The molecule has 1 heterocycles. The summed E-state index contributed by atoms with van der Waals surface area (Å²) in [7, 11) is 0. The molecule has 4 nitrogen and oxygen atoms in total. The Kier molecular flexibility index (Phi) is 3.22. The van der Waals surface area contributed by atoms with Crippen molar-refractivity contribution in [3.8, 4) is 0 Å². The zero-order valence-corrected chi connectivity index (χ0v) is 10.5. The molecule has 0 saturated carbocycles. The molecule has 1 aromatic rings. The van der Waals surface area contributed by atoms with Crippen molar-refractivity contribution in [2.45, 2.75) is 13.8 Å². The average Bonchev–Trinajstić information content (AvgIpc) is 2.29. The van der Waals surface area contributed by atoms with Crippen LogP contribution in [-0.2, 0) is 0 Å². The number of anilines is 1. The van der Waals surface area contributed by atoms with E-state index in [0.717, 1.165) is 26.2 Å². The first-order chi connectivity index (χ1) is 8.08. The number of guanidine groups is 1. The average molecular weight is 232 g/mol. The molecule has 92 valence electrons. The van der Waals surface area contributed by atoms with Crippen molar-refractivity contribution in [1.82, 2.24) is 4.90 Å². The number of hydrogen-bond donors (Lipinski definition) is 2. The van der Waals surface area contributed by atoms with Gasteiger partial charge in [0.15, 0.2) is 5.96 Å². The Balaban J connectivity index is 2.08. The van der Waals surface area contributed by atoms with E-state index in [2.05, 4.69) is 36.9 Å². The van der Waals surface area contributed by atoms with E-state index in [9.17, 15) is 0 Å². The molecule has 0 radical (unpaired) electrons. The van der Waals surface area contributed by atoms with Crippen LogP contribution in [0, 0.1) is 19.3 Å². The maximum atomic E-state index is 7.41. The summed E-state index contributed by atoms with van der Waals surface area (Å²) in [6.07, 6.45) is 0. The lowest BCUT2D eigenvalue weighted by Crippen LogP contribution is -2.51. The lowest BCUT2D eigenvalue weighted by molar-refractivity contribution is 0.380. The van der Waals surface area contributed by atoms with Crippen LogP contribution < -0.4 is 10.6 Å². The summed E-state index contributed by atoms with van der Waals surface area (Å²) in [6, 6.07) is 6.56. The lowest BCUT2D eigenvalue weighted by atomic mass is 10.1. The Hall–Kier alpha value is -1.71. The normalized spacial score (nSPS) is 16.1. The molecule has 0 unspecified atom stereocenters. The van der Waals surface area contributed by atoms with Crippen LogP contribution in [-0.4, -0.2) is 37.0 Å². The minimum atomic E-state index is 0.185. The molecule has 1 aliphatic heterocycles. The van der Waals surface area contributed by atoms with Gasteiger partial charge in [-0.1, -0.05) is 17.7 Å². The lowest BCUT2D eigenvalue weighted by Gasteiger charge is -2.37. The second-order valence-corrected chi connectivity index (χ2v) is 4.65. The zero-order chi connectivity index (χ0) is 12.4. The van der Waals surface area contributed by atoms with Crippen LogP contribution >= 0.6 is 0 Å². The van der Waals surface area contributed by atoms with Crippen molar-refractivity contribution in [3.63, 3.8) is 0 Å². The van der Waals surface area contributed by atoms with Gasteiger partial charge in [0.25, 0.3) is 0 Å². The summed E-state index contributed by atoms with van der Waals surface area (Å²) in [4.78, 5) is 4.29. The third-order valence-electron chi connectivity index (χ3n) is 3.31. The second kappa shape index (κ2) is 4.65. The van der Waals surface area contributed by atoms with Crippen molar-refractivity contribution < 1.29 is 0 Å². The van der Waals surface area contributed by atoms with Crippen molar-refractivity contribution in [3.05, 3.63) is 29.3 Å². The highest BCUT2D eigenvalue weighted by Gasteiger charge is 2.18. The number of nitrogens with two attached hydrogens (primary N) is 1. The highest BCUT2D eigenvalue weighted by atomic mass is 15.3. The minimum Gasteiger partial charge on any atom is -0.370 e. The number of benzene rings is 1. The van der Waals surface area contributed by atoms with Gasteiger partial charge in [0.05, 0.1) is 0 Å². The summed E-state index contributed by atoms with van der Waals surface area (Å²) in [6.45, 7) is 7.81. The molecule has 4 heteroatoms. The maximum absolute atomic E-state index is 7.41. The van der Waals surface area contributed by atoms with E-state index in [0.29, 0.717) is 0 Å². The molecule has 0 bridgehead atoms. The Morgan fingerprint density at radius 3 is 2.35 bits per heavy atom. The fourth-order valence-corrected chi connectivity index (χ4v) is 2.35. The predicted molar refractivity (Wildman–Crippen MR) is 71.6 cm³/mol. The summed E-state index contributed by atoms with van der Waals surface area (Å²) < 4.78 is 0. The van der Waals surface area contributed by atoms with E-state index < -0.39 is 0 Å². The van der Waals surface area contributed by atoms with Gasteiger partial charge in [-0.25, -0.2) is 0 Å². The molecule has 2 rings (SSSR count). The van der Waals surface area contributed by atoms with Gasteiger partial charge in [-0.2, -0.15) is 0 Å². The fraction of sp³-hybridized carbons (Fsp3) is 0.462. The van der Waals surface area contributed by atoms with Crippen LogP contribution in [0.15, 0.2) is 18.2 Å². The number of rotatable bonds is 1. The standard InChI is InChI=1S/C13H20N4/c1-10-3-4-12(11(2)9-10)16-5-7-17(8-6-16)13(14)15/h3-4,9H,5-8H2,1-2H3,(H3,14,15). The summed E-state index contributed by atoms with van der Waals surface area (Å²) in [5, 5.41) is 7.41. The summed E-state index contributed by atoms with van der Waals surface area (Å²) in [5.74, 6) is 0.185. The number of nitrogens with zero attached hydrogens (tertiary/aromatic N) is 2. The third-order valence-corrected chi connectivity index (χ3v) is 3.31. The summed E-state index contributed by atoms with van der Waals surface area (Å²) >= 11 is 0. The molecule has 0 amide bonds. The van der Waals surface area contributed by atoms with Gasteiger partial charge in [0.1, 0.15) is 0 Å². The summed E-state index contributed by atoms with van der Waals surface area (Å²) in [5.41, 5.74) is 9.42. The minimum absolute atomic E-state index is 0.185. The van der Waals surface area contributed by atoms with Crippen molar-refractivity contribution >= 4 is 11.6 Å². The Morgan fingerprint density at radius 2 is 1.82 bits per heavy atom. The first-order valence-corrected chi connectivity index (χ1v) is 5.99. The highest BCUT2D eigenvalue weighted by Crippen LogP contribution is 2.22. The van der Waals surface area contributed by atoms with E-state index in [4.69, 9.17) is 11.1 Å². The Labute approximate surface area is 103 Å². The SMILES string of the molecule is Cc1ccc(N2CCN(C(=N)N)CC2)c(C)c1. The van der Waals surface area contributed by atoms with Crippen LogP contribution in [0.4, 0.5) is 5.69 Å². The van der Waals surface area contributed by atoms with Crippen LogP contribution in [0.2, 0.25) is 0 Å². The highest BCUT2D eigenvalue weighted by molar-refractivity contribution is 5.75. The van der Waals surface area contributed by atoms with Crippen LogP contribution in [0.1, 0.15) is 11.1 Å². The molecule has 1 fully saturated rings. The smallest absolute Gasteiger partial charge is 0.188 e. The van der Waals surface area contributed by atoms with Gasteiger partial charge in [0, 0.05) is 31.9 Å². The van der Waals surface area contributed by atoms with E-state index in [1.165, 1.54) is 16.8 Å². The molecule has 3 N–H and O–H groups in total. The van der Waals surface area contributed by atoms with Crippen LogP contribution in [0.3, 0.4) is 0 Å². The maximum Gasteiger partial charge on any atom is 0.188 e. The van der Waals surface area contributed by atoms with E-state index in [1.807, 2.05) is 4.90 Å². The van der Waals surface area contributed by atoms with Gasteiger partial charge in [0.2, 0.25) is 0 Å². The fourth-order valence-electron chi connectivity index (χ4n) is 2.35. The quantitative estimate of drug-likeness (QED) is 0.567. The van der Waals surface area contributed by atoms with Gasteiger partial charge in [-0.3, -0.25) is 5.41 Å². The Morgan fingerprint density at radius 1 is 1.18 bits per heavy atom. The molecular formula is C13H20N4. The van der Waals surface area contributed by atoms with Gasteiger partial charge >= 0.3 is 0 Å². The van der Waals surface area contributed by atoms with Crippen molar-refractivity contribution in [2.75, 3.05) is 31.1 Å². The molecule has 1 aromatic carbocycles. The molecule has 0 spiro atoms.